The predicted molar refractivity (Wildman–Crippen MR) is 202 cm³/mol. The monoisotopic (exact) mass is 739 g/mol. The van der Waals surface area contributed by atoms with Crippen molar-refractivity contribution in [2.75, 3.05) is 44.4 Å². The molecule has 0 bridgehead atoms. The molecule has 3 aromatic rings. The minimum Gasteiger partial charge on any atom is -0.393 e. The Balaban J connectivity index is 1.18. The van der Waals surface area contributed by atoms with Crippen LogP contribution in [0.5, 0.6) is 0 Å². The maximum atomic E-state index is 13.2. The Hall–Kier alpha value is -5.45. The fourth-order valence-electron chi connectivity index (χ4n) is 7.33. The van der Waals surface area contributed by atoms with E-state index in [0.717, 1.165) is 54.6 Å². The molecule has 1 aromatic carbocycles. The van der Waals surface area contributed by atoms with Crippen LogP contribution in [0.4, 0.5) is 11.4 Å². The Morgan fingerprint density at radius 1 is 1.04 bits per heavy atom. The van der Waals surface area contributed by atoms with Crippen LogP contribution < -0.4 is 32.3 Å². The van der Waals surface area contributed by atoms with Crippen molar-refractivity contribution in [3.63, 3.8) is 0 Å². The average Bonchev–Trinajstić information content (AvgIpc) is 4.07. The van der Waals surface area contributed by atoms with E-state index in [1.165, 1.54) is 17.0 Å². The molecule has 0 radical (unpaired) electrons. The van der Waals surface area contributed by atoms with Crippen LogP contribution in [-0.2, 0) is 15.5 Å². The number of para-hydroxylation sites is 1. The molecular weight excluding hydrogens is 690 g/mol. The minimum absolute atomic E-state index is 0.0283. The number of likely N-dealkylation sites (tertiary alicyclic amines) is 1. The number of hydrogen-bond acceptors (Lipinski definition) is 12. The number of nitrogens with one attached hydrogen (secondary N) is 3. The van der Waals surface area contributed by atoms with Crippen LogP contribution in [0.3, 0.4) is 0 Å². The lowest BCUT2D eigenvalue weighted by Crippen LogP contribution is -2.46. The molecule has 1 unspecified atom stereocenters. The molecule has 2 aliphatic heterocycles. The number of rotatable bonds is 12. The van der Waals surface area contributed by atoms with Crippen LogP contribution in [0, 0.1) is 5.92 Å². The fraction of sp³-hybridized carbons (Fsp3) is 0.447. The standard InChI is InChI=1S/C38H49N11O5/c1-5-29-34-25(19-41-49(34)23-16-17-48(20-23)38(53,54)30-11-7-10-27(44-30)37(52)46(2)3)24-8-6-9-26(33(24)47(29)4)43-28(32(40)36(51)42-22-14-15-22)18-31(39)45-35(50)21-12-13-21/h6-11,18-19,21-23,29,43,53-54H,5,12-17,20,39-40H2,1-4H3,(H,42,51)(H,45,50)/b31-18+,32-28+/t23?,29-/m1/s1. The van der Waals surface area contributed by atoms with Crippen LogP contribution in [0.2, 0.25) is 0 Å². The number of fused-ring (bicyclic) bond motifs is 3. The van der Waals surface area contributed by atoms with Gasteiger partial charge in [0, 0.05) is 63.4 Å². The zero-order valence-corrected chi connectivity index (χ0v) is 31.0. The number of carbonyl (C=O) groups excluding carboxylic acids is 3. The first-order valence-corrected chi connectivity index (χ1v) is 18.5. The molecule has 286 valence electrons. The number of nitrogens with zero attached hydrogens (tertiary/aromatic N) is 6. The van der Waals surface area contributed by atoms with Gasteiger partial charge < -0.3 is 47.4 Å². The smallest absolute Gasteiger partial charge is 0.271 e. The zero-order valence-electron chi connectivity index (χ0n) is 31.0. The number of aliphatic hydroxyl groups is 2. The summed E-state index contributed by atoms with van der Waals surface area (Å²) in [5.41, 5.74) is 17.4. The van der Waals surface area contributed by atoms with Gasteiger partial charge >= 0.3 is 0 Å². The second-order valence-electron chi connectivity index (χ2n) is 14.8. The van der Waals surface area contributed by atoms with Crippen molar-refractivity contribution in [3.05, 3.63) is 83.0 Å². The number of hydrogen-bond donors (Lipinski definition) is 7. The molecule has 3 fully saturated rings. The highest BCUT2D eigenvalue weighted by atomic mass is 16.5. The van der Waals surface area contributed by atoms with Gasteiger partial charge in [-0.2, -0.15) is 5.10 Å². The van der Waals surface area contributed by atoms with Crippen molar-refractivity contribution >= 4 is 29.1 Å². The van der Waals surface area contributed by atoms with Gasteiger partial charge in [-0.3, -0.25) is 19.1 Å². The summed E-state index contributed by atoms with van der Waals surface area (Å²) in [6.45, 7) is 2.74. The number of carbonyl (C=O) groups is 3. The van der Waals surface area contributed by atoms with E-state index in [9.17, 15) is 24.6 Å². The molecule has 16 heteroatoms. The summed E-state index contributed by atoms with van der Waals surface area (Å²) in [5.74, 6) is -3.30. The number of anilines is 2. The number of aromatic nitrogens is 3. The van der Waals surface area contributed by atoms with Gasteiger partial charge in [0.15, 0.2) is 0 Å². The average molecular weight is 740 g/mol. The Kier molecular flexibility index (Phi) is 9.85. The molecule has 3 amide bonds. The van der Waals surface area contributed by atoms with E-state index in [-0.39, 0.29) is 71.0 Å². The summed E-state index contributed by atoms with van der Waals surface area (Å²) in [5, 5.41) is 36.7. The van der Waals surface area contributed by atoms with Gasteiger partial charge in [0.2, 0.25) is 5.91 Å². The van der Waals surface area contributed by atoms with Crippen molar-refractivity contribution in [1.82, 2.24) is 35.2 Å². The van der Waals surface area contributed by atoms with E-state index in [2.05, 4.69) is 32.8 Å². The summed E-state index contributed by atoms with van der Waals surface area (Å²) in [4.78, 5) is 47.6. The molecule has 0 spiro atoms. The third-order valence-corrected chi connectivity index (χ3v) is 10.6. The first-order chi connectivity index (χ1) is 25.8. The molecular formula is C38H49N11O5. The number of nitrogens with two attached hydrogens (primary N) is 2. The Morgan fingerprint density at radius 3 is 2.46 bits per heavy atom. The highest BCUT2D eigenvalue weighted by Crippen LogP contribution is 2.50. The van der Waals surface area contributed by atoms with Crippen molar-refractivity contribution in [2.24, 2.45) is 17.4 Å². The van der Waals surface area contributed by atoms with Crippen LogP contribution in [0.25, 0.3) is 11.1 Å². The summed E-state index contributed by atoms with van der Waals surface area (Å²) < 4.78 is 2.00. The predicted octanol–water partition coefficient (Wildman–Crippen LogP) is 1.78. The summed E-state index contributed by atoms with van der Waals surface area (Å²) in [7, 11) is 5.23. The molecule has 4 aliphatic rings. The van der Waals surface area contributed by atoms with Crippen molar-refractivity contribution in [1.29, 1.82) is 0 Å². The molecule has 4 heterocycles. The van der Waals surface area contributed by atoms with Crippen molar-refractivity contribution in [2.45, 2.75) is 69.5 Å². The van der Waals surface area contributed by atoms with Crippen molar-refractivity contribution in [3.8, 4) is 11.1 Å². The third kappa shape index (κ3) is 7.11. The molecule has 16 nitrogen and oxygen atoms in total. The number of allylic oxidation sites excluding steroid dienone is 1. The molecule has 2 atom stereocenters. The topological polar surface area (TPSA) is 220 Å². The van der Waals surface area contributed by atoms with Gasteiger partial charge in [0.1, 0.15) is 22.9 Å². The van der Waals surface area contributed by atoms with E-state index < -0.39 is 11.8 Å². The third-order valence-electron chi connectivity index (χ3n) is 10.6. The number of amides is 3. The zero-order chi connectivity index (χ0) is 38.5. The maximum absolute atomic E-state index is 13.2. The van der Waals surface area contributed by atoms with Crippen molar-refractivity contribution < 1.29 is 24.6 Å². The highest BCUT2D eigenvalue weighted by Gasteiger charge is 2.43. The SMILES string of the molecule is CC[C@@H]1c2c(cnn2C2CCN(C(O)(O)c3cccc(C(=O)N(C)C)n3)C2)-c2cccc(NC(/C=C(\N)NC(=O)C3CC3)=C(/N)C(=O)NC3CC3)c2N1C. The number of pyridine rings is 1. The van der Waals surface area contributed by atoms with Gasteiger partial charge in [0.05, 0.1) is 41.0 Å². The molecule has 7 rings (SSSR count). The van der Waals surface area contributed by atoms with E-state index in [0.29, 0.717) is 18.7 Å². The summed E-state index contributed by atoms with van der Waals surface area (Å²) in [6, 6.07) is 10.3. The van der Waals surface area contributed by atoms with Crippen LogP contribution in [-0.4, -0.2) is 92.8 Å². The van der Waals surface area contributed by atoms with E-state index in [4.69, 9.17) is 16.6 Å². The lowest BCUT2D eigenvalue weighted by atomic mass is 9.91. The second-order valence-corrected chi connectivity index (χ2v) is 14.8. The van der Waals surface area contributed by atoms with E-state index in [1.807, 2.05) is 36.1 Å². The molecule has 1 saturated heterocycles. The number of benzene rings is 1. The minimum atomic E-state index is -2.40. The Labute approximate surface area is 313 Å². The highest BCUT2D eigenvalue weighted by molar-refractivity contribution is 5.97. The second kappa shape index (κ2) is 14.4. The van der Waals surface area contributed by atoms with Gasteiger partial charge in [-0.1, -0.05) is 25.1 Å². The van der Waals surface area contributed by atoms with Gasteiger partial charge in [-0.25, -0.2) is 9.88 Å². The fourth-order valence-corrected chi connectivity index (χ4v) is 7.33. The van der Waals surface area contributed by atoms with E-state index >= 15 is 0 Å². The van der Waals surface area contributed by atoms with Crippen LogP contribution in [0.15, 0.2) is 65.9 Å². The normalized spacial score (nSPS) is 20.5. The largest absolute Gasteiger partial charge is 0.393 e. The molecule has 2 saturated carbocycles. The maximum Gasteiger partial charge on any atom is 0.271 e. The van der Waals surface area contributed by atoms with Gasteiger partial charge in [0.25, 0.3) is 17.7 Å². The van der Waals surface area contributed by atoms with E-state index in [1.54, 1.807) is 31.1 Å². The van der Waals surface area contributed by atoms with Gasteiger partial charge in [-0.05, 0) is 56.7 Å². The quantitative estimate of drug-likeness (QED) is 0.0803. The molecule has 2 aliphatic carbocycles. The Bertz CT molecular complexity index is 2030. The van der Waals surface area contributed by atoms with Gasteiger partial charge in [-0.15, -0.1) is 0 Å². The lowest BCUT2D eigenvalue weighted by molar-refractivity contribution is -0.272. The molecule has 2 aromatic heterocycles. The first-order valence-electron chi connectivity index (χ1n) is 18.5. The first kappa shape index (κ1) is 36.9. The lowest BCUT2D eigenvalue weighted by Gasteiger charge is -2.38. The molecule has 54 heavy (non-hydrogen) atoms. The summed E-state index contributed by atoms with van der Waals surface area (Å²) in [6.07, 6.45) is 8.10. The van der Waals surface area contributed by atoms with Crippen LogP contribution >= 0.6 is 0 Å². The Morgan fingerprint density at radius 2 is 1.78 bits per heavy atom. The summed E-state index contributed by atoms with van der Waals surface area (Å²) >= 11 is 0. The van der Waals surface area contributed by atoms with Crippen LogP contribution in [0.1, 0.15) is 79.4 Å². The molecule has 9 N–H and O–H groups in total.